The van der Waals surface area contributed by atoms with Crippen molar-refractivity contribution in [3.8, 4) is 0 Å². The Balaban J connectivity index is 2.68. The third-order valence-corrected chi connectivity index (χ3v) is 0.750. The van der Waals surface area contributed by atoms with Gasteiger partial charge in [-0.25, -0.2) is 0 Å². The zero-order chi connectivity index (χ0) is 5.70. The molecule has 0 fully saturated rings. The van der Waals surface area contributed by atoms with E-state index in [-0.39, 0.29) is 0 Å². The van der Waals surface area contributed by atoms with Crippen molar-refractivity contribution >= 4 is 0 Å². The monoisotopic (exact) mass is 102 g/mol. The molecule has 0 saturated carbocycles. The third-order valence-electron chi connectivity index (χ3n) is 0.750. The maximum absolute atomic E-state index is 8.43. The van der Waals surface area contributed by atoms with E-state index in [0.29, 0.717) is 6.42 Å². The highest BCUT2D eigenvalue weighted by Crippen LogP contribution is 1.93. The second kappa shape index (κ2) is 4.09. The molecule has 0 aromatic carbocycles. The Morgan fingerprint density at radius 2 is 2.29 bits per heavy atom. The Morgan fingerprint density at radius 3 is 2.43 bits per heavy atom. The van der Waals surface area contributed by atoms with Gasteiger partial charge in [-0.2, -0.15) is 0 Å². The molecule has 0 aliphatic heterocycles. The van der Waals surface area contributed by atoms with Crippen LogP contribution in [-0.4, -0.2) is 11.3 Å². The lowest BCUT2D eigenvalue weighted by atomic mass is 10.2. The standard InChI is InChI=1S/C5H12NO/c1-2-3-4-5(6)7/h5,7H,1-4,6H2. The molecule has 0 aliphatic rings. The van der Waals surface area contributed by atoms with Crippen molar-refractivity contribution in [1.82, 2.24) is 0 Å². The minimum atomic E-state index is -0.637. The number of aliphatic hydroxyl groups is 1. The summed E-state index contributed by atoms with van der Waals surface area (Å²) in [6.07, 6.45) is 1.80. The van der Waals surface area contributed by atoms with E-state index in [1.807, 2.05) is 0 Å². The Kier molecular flexibility index (Phi) is 4.04. The molecule has 0 aromatic rings. The average Bonchev–Trinajstić information content (AvgIpc) is 1.61. The summed E-state index contributed by atoms with van der Waals surface area (Å²) in [4.78, 5) is 0. The van der Waals surface area contributed by atoms with Gasteiger partial charge in [0.1, 0.15) is 6.23 Å². The quantitative estimate of drug-likeness (QED) is 0.502. The summed E-state index contributed by atoms with van der Waals surface area (Å²) in [5.41, 5.74) is 5.01. The first-order valence-corrected chi connectivity index (χ1v) is 2.50. The first-order valence-electron chi connectivity index (χ1n) is 2.50. The third kappa shape index (κ3) is 5.92. The van der Waals surface area contributed by atoms with Crippen molar-refractivity contribution in [2.45, 2.75) is 25.5 Å². The van der Waals surface area contributed by atoms with E-state index in [0.717, 1.165) is 12.8 Å². The molecule has 1 radical (unpaired) electrons. The molecule has 7 heavy (non-hydrogen) atoms. The Hall–Kier alpha value is -0.0800. The van der Waals surface area contributed by atoms with E-state index < -0.39 is 6.23 Å². The maximum atomic E-state index is 8.43. The molecule has 1 unspecified atom stereocenters. The van der Waals surface area contributed by atoms with Gasteiger partial charge < -0.3 is 10.8 Å². The molecule has 1 atom stereocenters. The van der Waals surface area contributed by atoms with Crippen LogP contribution < -0.4 is 5.73 Å². The van der Waals surface area contributed by atoms with Crippen LogP contribution in [0.15, 0.2) is 0 Å². The molecule has 2 heteroatoms. The predicted octanol–water partition coefficient (Wildman–Crippen LogP) is 0.268. The van der Waals surface area contributed by atoms with Crippen molar-refractivity contribution in [1.29, 1.82) is 0 Å². The highest BCUT2D eigenvalue weighted by Gasteiger charge is 1.90. The molecule has 0 heterocycles. The maximum Gasteiger partial charge on any atom is 0.102 e. The molecule has 0 aromatic heterocycles. The van der Waals surface area contributed by atoms with Gasteiger partial charge in [-0.15, -0.1) is 0 Å². The zero-order valence-corrected chi connectivity index (χ0v) is 4.43. The minimum Gasteiger partial charge on any atom is -0.379 e. The van der Waals surface area contributed by atoms with Gasteiger partial charge in [0.05, 0.1) is 0 Å². The number of hydrogen-bond acceptors (Lipinski definition) is 2. The van der Waals surface area contributed by atoms with Crippen LogP contribution in [0.3, 0.4) is 0 Å². The lowest BCUT2D eigenvalue weighted by Crippen LogP contribution is -2.17. The van der Waals surface area contributed by atoms with Crippen LogP contribution in [-0.2, 0) is 0 Å². The fourth-order valence-electron chi connectivity index (χ4n) is 0.353. The second-order valence-corrected chi connectivity index (χ2v) is 1.56. The lowest BCUT2D eigenvalue weighted by molar-refractivity contribution is 0.169. The van der Waals surface area contributed by atoms with E-state index in [1.54, 1.807) is 0 Å². The van der Waals surface area contributed by atoms with Crippen molar-refractivity contribution < 1.29 is 5.11 Å². The van der Waals surface area contributed by atoms with Gasteiger partial charge >= 0.3 is 0 Å². The van der Waals surface area contributed by atoms with Crippen LogP contribution >= 0.6 is 0 Å². The molecule has 0 rings (SSSR count). The fraction of sp³-hybridized carbons (Fsp3) is 0.800. The van der Waals surface area contributed by atoms with Crippen molar-refractivity contribution in [3.63, 3.8) is 0 Å². The molecule has 2 nitrogen and oxygen atoms in total. The second-order valence-electron chi connectivity index (χ2n) is 1.56. The highest BCUT2D eigenvalue weighted by molar-refractivity contribution is 4.46. The topological polar surface area (TPSA) is 46.2 Å². The van der Waals surface area contributed by atoms with Crippen LogP contribution in [0.25, 0.3) is 0 Å². The van der Waals surface area contributed by atoms with Crippen molar-refractivity contribution in [2.75, 3.05) is 0 Å². The van der Waals surface area contributed by atoms with Crippen LogP contribution in [0.4, 0.5) is 0 Å². The summed E-state index contributed by atoms with van der Waals surface area (Å²) < 4.78 is 0. The minimum absolute atomic E-state index is 0.637. The molecular weight excluding hydrogens is 90.1 g/mol. The Morgan fingerprint density at radius 1 is 1.71 bits per heavy atom. The van der Waals surface area contributed by atoms with Crippen LogP contribution in [0, 0.1) is 6.92 Å². The molecular formula is C5H12NO. The normalized spacial score (nSPS) is 14.1. The molecule has 3 N–H and O–H groups in total. The van der Waals surface area contributed by atoms with Crippen LogP contribution in [0.2, 0.25) is 0 Å². The van der Waals surface area contributed by atoms with Gasteiger partial charge in [0.2, 0.25) is 0 Å². The largest absolute Gasteiger partial charge is 0.379 e. The van der Waals surface area contributed by atoms with E-state index in [2.05, 4.69) is 6.92 Å². The summed E-state index contributed by atoms with van der Waals surface area (Å²) >= 11 is 0. The molecule has 0 amide bonds. The van der Waals surface area contributed by atoms with Gasteiger partial charge in [-0.05, 0) is 12.8 Å². The molecule has 0 spiro atoms. The Labute approximate surface area is 44.3 Å². The smallest absolute Gasteiger partial charge is 0.102 e. The Bertz CT molecular complexity index is 37.1. The summed E-state index contributed by atoms with van der Waals surface area (Å²) in [5, 5.41) is 8.43. The van der Waals surface area contributed by atoms with Crippen molar-refractivity contribution in [2.24, 2.45) is 5.73 Å². The number of aliphatic hydroxyl groups excluding tert-OH is 1. The highest BCUT2D eigenvalue weighted by atomic mass is 16.3. The number of hydrogen-bond donors (Lipinski definition) is 2. The summed E-state index contributed by atoms with van der Waals surface area (Å²) in [6, 6.07) is 0. The number of unbranched alkanes of at least 4 members (excludes halogenated alkanes) is 1. The van der Waals surface area contributed by atoms with E-state index >= 15 is 0 Å². The van der Waals surface area contributed by atoms with Gasteiger partial charge in [0.15, 0.2) is 0 Å². The SMILES string of the molecule is [CH2]CCCC(N)O. The van der Waals surface area contributed by atoms with E-state index in [4.69, 9.17) is 10.8 Å². The van der Waals surface area contributed by atoms with Gasteiger partial charge in [-0.3, -0.25) is 0 Å². The predicted molar refractivity (Wildman–Crippen MR) is 29.4 cm³/mol. The summed E-state index contributed by atoms with van der Waals surface area (Å²) in [6.45, 7) is 3.59. The zero-order valence-electron chi connectivity index (χ0n) is 4.43. The van der Waals surface area contributed by atoms with Gasteiger partial charge in [0.25, 0.3) is 0 Å². The van der Waals surface area contributed by atoms with Crippen LogP contribution in [0.5, 0.6) is 0 Å². The van der Waals surface area contributed by atoms with Crippen molar-refractivity contribution in [3.05, 3.63) is 6.92 Å². The van der Waals surface area contributed by atoms with Crippen LogP contribution in [0.1, 0.15) is 19.3 Å². The van der Waals surface area contributed by atoms with E-state index in [1.165, 1.54) is 0 Å². The first-order chi connectivity index (χ1) is 3.27. The molecule has 43 valence electrons. The number of nitrogens with two attached hydrogens (primary N) is 1. The van der Waals surface area contributed by atoms with Gasteiger partial charge in [-0.1, -0.05) is 13.3 Å². The molecule has 0 bridgehead atoms. The molecule has 0 saturated heterocycles. The average molecular weight is 102 g/mol. The fourth-order valence-corrected chi connectivity index (χ4v) is 0.353. The number of rotatable bonds is 3. The summed E-state index contributed by atoms with van der Waals surface area (Å²) in [7, 11) is 0. The van der Waals surface area contributed by atoms with E-state index in [9.17, 15) is 0 Å². The summed E-state index contributed by atoms with van der Waals surface area (Å²) in [5.74, 6) is 0. The lowest BCUT2D eigenvalue weighted by Gasteiger charge is -1.98. The first kappa shape index (κ1) is 6.92. The molecule has 0 aliphatic carbocycles. The van der Waals surface area contributed by atoms with Gasteiger partial charge in [0, 0.05) is 0 Å².